The molecule has 0 saturated heterocycles. The molecule has 0 fully saturated rings. The van der Waals surface area contributed by atoms with Crippen molar-refractivity contribution >= 4 is 11.9 Å². The van der Waals surface area contributed by atoms with Crippen LogP contribution in [0.15, 0.2) is 30.3 Å². The number of ether oxygens (including phenoxy) is 1. The van der Waals surface area contributed by atoms with E-state index in [9.17, 15) is 14.0 Å². The lowest BCUT2D eigenvalue weighted by Gasteiger charge is -2.05. The van der Waals surface area contributed by atoms with Crippen LogP contribution in [0.3, 0.4) is 0 Å². The van der Waals surface area contributed by atoms with Crippen molar-refractivity contribution in [2.45, 2.75) is 25.6 Å². The van der Waals surface area contributed by atoms with Crippen LogP contribution in [0.25, 0.3) is 0 Å². The van der Waals surface area contributed by atoms with Crippen LogP contribution in [0.1, 0.15) is 18.4 Å². The highest BCUT2D eigenvalue weighted by Crippen LogP contribution is 2.06. The molecule has 92 valence electrons. The fraction of sp³-hybridized carbons (Fsp3) is 0.333. The van der Waals surface area contributed by atoms with Crippen molar-refractivity contribution in [2.24, 2.45) is 0 Å². The van der Waals surface area contributed by atoms with E-state index in [-0.39, 0.29) is 19.4 Å². The molecule has 0 radical (unpaired) electrons. The van der Waals surface area contributed by atoms with E-state index < -0.39 is 18.1 Å². The molecule has 1 N–H and O–H groups in total. The van der Waals surface area contributed by atoms with E-state index in [2.05, 4.69) is 0 Å². The Morgan fingerprint density at radius 3 is 2.53 bits per heavy atom. The van der Waals surface area contributed by atoms with Gasteiger partial charge in [-0.05, 0) is 12.0 Å². The first-order valence-electron chi connectivity index (χ1n) is 5.16. The third-order valence-corrected chi connectivity index (χ3v) is 2.11. The number of carboxylic acid groups (broad SMARTS) is 1. The lowest BCUT2D eigenvalue weighted by Crippen LogP contribution is -2.16. The van der Waals surface area contributed by atoms with Gasteiger partial charge in [-0.1, -0.05) is 30.3 Å². The van der Waals surface area contributed by atoms with Gasteiger partial charge in [0.15, 0.2) is 6.17 Å². The van der Waals surface area contributed by atoms with Crippen LogP contribution in [0, 0.1) is 0 Å². The number of benzene rings is 1. The fourth-order valence-electron chi connectivity index (χ4n) is 1.18. The Morgan fingerprint density at radius 2 is 1.94 bits per heavy atom. The number of aliphatic carboxylic acids is 1. The van der Waals surface area contributed by atoms with Gasteiger partial charge in [-0.2, -0.15) is 0 Å². The fourth-order valence-corrected chi connectivity index (χ4v) is 1.18. The van der Waals surface area contributed by atoms with E-state index in [0.717, 1.165) is 5.56 Å². The van der Waals surface area contributed by atoms with E-state index in [4.69, 9.17) is 9.84 Å². The molecule has 1 aromatic carbocycles. The lowest BCUT2D eigenvalue weighted by atomic mass is 10.2. The topological polar surface area (TPSA) is 63.6 Å². The summed E-state index contributed by atoms with van der Waals surface area (Å²) in [5.74, 6) is -2.15. The van der Waals surface area contributed by atoms with Crippen LogP contribution >= 0.6 is 0 Å². The highest BCUT2D eigenvalue weighted by Gasteiger charge is 2.17. The highest BCUT2D eigenvalue weighted by atomic mass is 19.1. The maximum absolute atomic E-state index is 12.6. The van der Waals surface area contributed by atoms with E-state index in [1.165, 1.54) is 0 Å². The third kappa shape index (κ3) is 5.10. The van der Waals surface area contributed by atoms with Gasteiger partial charge in [0, 0.05) is 6.42 Å². The molecule has 4 nitrogen and oxygen atoms in total. The molecule has 17 heavy (non-hydrogen) atoms. The average Bonchev–Trinajstić information content (AvgIpc) is 2.34. The van der Waals surface area contributed by atoms with Crippen molar-refractivity contribution in [2.75, 3.05) is 0 Å². The Labute approximate surface area is 98.0 Å². The normalized spacial score (nSPS) is 11.8. The molecule has 0 amide bonds. The molecule has 0 aliphatic heterocycles. The van der Waals surface area contributed by atoms with Crippen molar-refractivity contribution < 1.29 is 23.8 Å². The van der Waals surface area contributed by atoms with Gasteiger partial charge in [0.2, 0.25) is 0 Å². The molecule has 1 atom stereocenters. The minimum absolute atomic E-state index is 0.115. The Bertz CT molecular complexity index is 377. The summed E-state index contributed by atoms with van der Waals surface area (Å²) < 4.78 is 17.5. The van der Waals surface area contributed by atoms with Gasteiger partial charge < -0.3 is 9.84 Å². The summed E-state index contributed by atoms with van der Waals surface area (Å²) >= 11 is 0. The van der Waals surface area contributed by atoms with E-state index >= 15 is 0 Å². The molecule has 0 bridgehead atoms. The first kappa shape index (κ1) is 13.2. The standard InChI is InChI=1S/C12H13FO4/c13-10(12(15)16)6-7-11(14)17-8-9-4-2-1-3-5-9/h1-5,10H,6-8H2,(H,15,16)/t10-/m1/s1. The second-order valence-electron chi connectivity index (χ2n) is 3.49. The molecular formula is C12H13FO4. The summed E-state index contributed by atoms with van der Waals surface area (Å²) in [4.78, 5) is 21.3. The van der Waals surface area contributed by atoms with Gasteiger partial charge in [-0.25, -0.2) is 9.18 Å². The summed E-state index contributed by atoms with van der Waals surface area (Å²) in [7, 11) is 0. The van der Waals surface area contributed by atoms with E-state index in [1.54, 1.807) is 12.1 Å². The monoisotopic (exact) mass is 240 g/mol. The van der Waals surface area contributed by atoms with E-state index in [0.29, 0.717) is 0 Å². The zero-order chi connectivity index (χ0) is 12.7. The smallest absolute Gasteiger partial charge is 0.338 e. The first-order chi connectivity index (χ1) is 8.09. The van der Waals surface area contributed by atoms with Crippen molar-refractivity contribution in [3.8, 4) is 0 Å². The van der Waals surface area contributed by atoms with Crippen LogP contribution in [0.4, 0.5) is 4.39 Å². The number of carbonyl (C=O) groups excluding carboxylic acids is 1. The summed E-state index contributed by atoms with van der Waals surface area (Å²) in [6.45, 7) is 0.115. The Kier molecular flexibility index (Phi) is 5.13. The maximum Gasteiger partial charge on any atom is 0.338 e. The van der Waals surface area contributed by atoms with Crippen molar-refractivity contribution in [3.05, 3.63) is 35.9 Å². The largest absolute Gasteiger partial charge is 0.479 e. The van der Waals surface area contributed by atoms with Gasteiger partial charge in [0.1, 0.15) is 6.61 Å². The van der Waals surface area contributed by atoms with E-state index in [1.807, 2.05) is 18.2 Å². The molecule has 0 unspecified atom stereocenters. The number of hydrogen-bond donors (Lipinski definition) is 1. The average molecular weight is 240 g/mol. The summed E-state index contributed by atoms with van der Waals surface area (Å²) in [5.41, 5.74) is 0.830. The molecule has 0 spiro atoms. The third-order valence-electron chi connectivity index (χ3n) is 2.11. The number of halogens is 1. The Morgan fingerprint density at radius 1 is 1.29 bits per heavy atom. The predicted octanol–water partition coefficient (Wildman–Crippen LogP) is 1.93. The Hall–Kier alpha value is -1.91. The Balaban J connectivity index is 2.24. The molecule has 0 aromatic heterocycles. The van der Waals surface area contributed by atoms with Crippen LogP contribution in [0.5, 0.6) is 0 Å². The van der Waals surface area contributed by atoms with Crippen molar-refractivity contribution in [1.82, 2.24) is 0 Å². The molecule has 0 heterocycles. The minimum Gasteiger partial charge on any atom is -0.479 e. The minimum atomic E-state index is -2.01. The number of alkyl halides is 1. The van der Waals surface area contributed by atoms with Crippen LogP contribution in [0.2, 0.25) is 0 Å². The van der Waals surface area contributed by atoms with Crippen LogP contribution in [-0.4, -0.2) is 23.2 Å². The summed E-state index contributed by atoms with van der Waals surface area (Å²) in [6.07, 6.45) is -2.61. The lowest BCUT2D eigenvalue weighted by molar-refractivity contribution is -0.147. The van der Waals surface area contributed by atoms with Gasteiger partial charge >= 0.3 is 11.9 Å². The number of carbonyl (C=O) groups is 2. The number of carboxylic acids is 1. The molecule has 5 heteroatoms. The first-order valence-corrected chi connectivity index (χ1v) is 5.16. The zero-order valence-corrected chi connectivity index (χ0v) is 9.14. The second-order valence-corrected chi connectivity index (χ2v) is 3.49. The summed E-state index contributed by atoms with van der Waals surface area (Å²) in [5, 5.41) is 8.28. The van der Waals surface area contributed by atoms with Crippen LogP contribution < -0.4 is 0 Å². The molecule has 1 aromatic rings. The zero-order valence-electron chi connectivity index (χ0n) is 9.14. The van der Waals surface area contributed by atoms with Gasteiger partial charge in [-0.3, -0.25) is 4.79 Å². The SMILES string of the molecule is O=C(CC[C@@H](F)C(=O)O)OCc1ccccc1. The quantitative estimate of drug-likeness (QED) is 0.772. The van der Waals surface area contributed by atoms with Crippen molar-refractivity contribution in [1.29, 1.82) is 0 Å². The molecule has 0 saturated carbocycles. The van der Waals surface area contributed by atoms with Gasteiger partial charge in [0.05, 0.1) is 0 Å². The highest BCUT2D eigenvalue weighted by molar-refractivity contribution is 5.74. The number of rotatable bonds is 6. The summed E-state index contributed by atoms with van der Waals surface area (Å²) in [6, 6.07) is 9.05. The molecule has 0 aliphatic carbocycles. The van der Waals surface area contributed by atoms with Gasteiger partial charge in [0.25, 0.3) is 0 Å². The molecular weight excluding hydrogens is 227 g/mol. The maximum atomic E-state index is 12.6. The number of hydrogen-bond acceptors (Lipinski definition) is 3. The van der Waals surface area contributed by atoms with Crippen molar-refractivity contribution in [3.63, 3.8) is 0 Å². The van der Waals surface area contributed by atoms with Gasteiger partial charge in [-0.15, -0.1) is 0 Å². The predicted molar refractivity (Wildman–Crippen MR) is 58.0 cm³/mol. The van der Waals surface area contributed by atoms with Crippen LogP contribution in [-0.2, 0) is 20.9 Å². The number of esters is 1. The molecule has 1 rings (SSSR count). The molecule has 0 aliphatic rings. The second kappa shape index (κ2) is 6.62.